The third-order valence-electron chi connectivity index (χ3n) is 8.57. The summed E-state index contributed by atoms with van der Waals surface area (Å²) < 4.78 is 2.50. The Hall–Kier alpha value is -7.42. The van der Waals surface area contributed by atoms with Crippen LogP contribution in [0.3, 0.4) is 0 Å². The Morgan fingerprint density at radius 2 is 1.09 bits per heavy atom. The van der Waals surface area contributed by atoms with E-state index in [0.717, 1.165) is 29.3 Å². The molecule has 15 nitrogen and oxygen atoms in total. The van der Waals surface area contributed by atoms with Crippen molar-refractivity contribution in [1.82, 2.24) is 19.6 Å². The number of benzene rings is 4. The molecule has 6 aromatic rings. The molecular weight excluding hydrogens is 718 g/mol. The SMILES string of the molecule is CCn1nc(-c2ccccc2)c(C(C)=O)c(Nc2cc(C)ccc2O)c1=O.CCn1nc(-c2ccccc2)c(C(C)=O)c(Nc2cc([N+](=O)[O-])ccc2O)c1=O. The fourth-order valence-electron chi connectivity index (χ4n) is 5.84. The number of aromatic nitrogens is 4. The number of hydrogen-bond donors (Lipinski definition) is 4. The lowest BCUT2D eigenvalue weighted by molar-refractivity contribution is -0.384. The van der Waals surface area contributed by atoms with Crippen LogP contribution in [0.25, 0.3) is 22.5 Å². The Labute approximate surface area is 320 Å². The van der Waals surface area contributed by atoms with Gasteiger partial charge < -0.3 is 20.8 Å². The van der Waals surface area contributed by atoms with Crippen molar-refractivity contribution in [3.05, 3.63) is 145 Å². The number of anilines is 4. The number of nitrogens with zero attached hydrogens (tertiary/aromatic N) is 5. The van der Waals surface area contributed by atoms with Crippen LogP contribution in [0.4, 0.5) is 28.4 Å². The number of aryl methyl sites for hydroxylation is 3. The lowest BCUT2D eigenvalue weighted by Crippen LogP contribution is -2.28. The first kappa shape index (κ1) is 39.8. The van der Waals surface area contributed by atoms with Gasteiger partial charge in [-0.15, -0.1) is 0 Å². The maximum absolute atomic E-state index is 12.9. The molecule has 0 unspecified atom stereocenters. The van der Waals surface area contributed by atoms with Crippen LogP contribution in [0.15, 0.2) is 107 Å². The van der Waals surface area contributed by atoms with Gasteiger partial charge in [0.05, 0.1) is 27.4 Å². The van der Waals surface area contributed by atoms with Gasteiger partial charge >= 0.3 is 0 Å². The monoisotopic (exact) mass is 757 g/mol. The average molecular weight is 758 g/mol. The summed E-state index contributed by atoms with van der Waals surface area (Å²) >= 11 is 0. The van der Waals surface area contributed by atoms with Gasteiger partial charge in [-0.1, -0.05) is 66.7 Å². The van der Waals surface area contributed by atoms with Crippen molar-refractivity contribution in [1.29, 1.82) is 0 Å². The summed E-state index contributed by atoms with van der Waals surface area (Å²) in [5.41, 5.74) is 2.28. The Balaban J connectivity index is 0.000000215. The lowest BCUT2D eigenvalue weighted by Gasteiger charge is -2.17. The van der Waals surface area contributed by atoms with Gasteiger partial charge in [-0.05, 0) is 58.4 Å². The standard InChI is InChI=1S/C21H21N3O3.C20H18N4O5/c1-4-24-21(27)20(22-16-12-13(2)10-11-17(16)26)18(14(3)25)19(23-24)15-8-6-5-7-9-15;1-3-23-20(27)19(21-15-11-14(24(28)29)9-10-16(15)26)17(12(2)25)18(22-23)13-7-5-4-6-8-13/h5-12,22,26H,4H2,1-3H3;4-11,21,26H,3H2,1-2H3. The van der Waals surface area contributed by atoms with Crippen molar-refractivity contribution < 1.29 is 24.7 Å². The molecule has 56 heavy (non-hydrogen) atoms. The van der Waals surface area contributed by atoms with Crippen molar-refractivity contribution in [3.8, 4) is 34.0 Å². The lowest BCUT2D eigenvalue weighted by atomic mass is 10.0. The molecule has 0 aliphatic heterocycles. The third-order valence-corrected chi connectivity index (χ3v) is 8.57. The van der Waals surface area contributed by atoms with E-state index in [1.165, 1.54) is 23.2 Å². The summed E-state index contributed by atoms with van der Waals surface area (Å²) in [7, 11) is 0. The second-order valence-corrected chi connectivity index (χ2v) is 12.5. The number of hydrogen-bond acceptors (Lipinski definition) is 12. The van der Waals surface area contributed by atoms with Gasteiger partial charge in [-0.2, -0.15) is 10.2 Å². The van der Waals surface area contributed by atoms with E-state index in [2.05, 4.69) is 20.8 Å². The minimum Gasteiger partial charge on any atom is -0.506 e. The van der Waals surface area contributed by atoms with Crippen LogP contribution in [0.2, 0.25) is 0 Å². The fourth-order valence-corrected chi connectivity index (χ4v) is 5.84. The highest BCUT2D eigenvalue weighted by Crippen LogP contribution is 2.34. The van der Waals surface area contributed by atoms with Gasteiger partial charge in [0.15, 0.2) is 11.6 Å². The Kier molecular flexibility index (Phi) is 12.2. The molecule has 0 atom stereocenters. The number of rotatable bonds is 11. The number of ketones is 2. The second kappa shape index (κ2) is 17.2. The van der Waals surface area contributed by atoms with E-state index in [1.54, 1.807) is 49.4 Å². The third kappa shape index (κ3) is 8.52. The van der Waals surface area contributed by atoms with Crippen LogP contribution >= 0.6 is 0 Å². The Morgan fingerprint density at radius 1 is 0.679 bits per heavy atom. The molecule has 0 aliphatic rings. The number of nitro benzene ring substituents is 1. The summed E-state index contributed by atoms with van der Waals surface area (Å²) in [4.78, 5) is 61.2. The van der Waals surface area contributed by atoms with Crippen LogP contribution in [-0.2, 0) is 13.1 Å². The van der Waals surface area contributed by atoms with Crippen LogP contribution in [0.5, 0.6) is 11.5 Å². The molecule has 2 aromatic heterocycles. The zero-order chi connectivity index (χ0) is 40.7. The summed E-state index contributed by atoms with van der Waals surface area (Å²) in [6.07, 6.45) is 0. The number of aromatic hydroxyl groups is 2. The van der Waals surface area contributed by atoms with Gasteiger partial charge in [0.1, 0.15) is 34.3 Å². The number of nitrogens with one attached hydrogen (secondary N) is 2. The second-order valence-electron chi connectivity index (χ2n) is 12.5. The molecule has 2 heterocycles. The molecule has 0 radical (unpaired) electrons. The minimum absolute atomic E-state index is 0.00405. The van der Waals surface area contributed by atoms with Crippen molar-refractivity contribution in [3.63, 3.8) is 0 Å². The predicted octanol–water partition coefficient (Wildman–Crippen LogP) is 7.38. The number of nitro groups is 1. The summed E-state index contributed by atoms with van der Waals surface area (Å²) in [6.45, 7) is 8.72. The van der Waals surface area contributed by atoms with Crippen molar-refractivity contribution in [2.45, 2.75) is 47.7 Å². The number of Topliss-reactive ketones (excluding diaryl/α,β-unsaturated/α-hetero) is 2. The van der Waals surface area contributed by atoms with E-state index in [0.29, 0.717) is 29.2 Å². The van der Waals surface area contributed by atoms with E-state index in [9.17, 15) is 39.5 Å². The molecule has 286 valence electrons. The predicted molar refractivity (Wildman–Crippen MR) is 213 cm³/mol. The van der Waals surface area contributed by atoms with E-state index in [4.69, 9.17) is 0 Å². The Bertz CT molecular complexity index is 2570. The van der Waals surface area contributed by atoms with Crippen LogP contribution in [-0.4, -0.2) is 46.3 Å². The first-order valence-corrected chi connectivity index (χ1v) is 17.5. The quantitative estimate of drug-likeness (QED) is 0.0441. The molecule has 6 rings (SSSR count). The first-order valence-electron chi connectivity index (χ1n) is 17.5. The molecule has 4 N–H and O–H groups in total. The van der Waals surface area contributed by atoms with E-state index in [-0.39, 0.29) is 57.7 Å². The molecule has 0 amide bonds. The molecule has 0 bridgehead atoms. The number of carbonyl (C=O) groups excluding carboxylic acids is 2. The number of phenolic OH excluding ortho intramolecular Hbond substituents is 2. The van der Waals surface area contributed by atoms with E-state index < -0.39 is 21.8 Å². The molecular formula is C41H39N7O8. The number of non-ortho nitro benzene ring substituents is 1. The maximum Gasteiger partial charge on any atom is 0.291 e. The fraction of sp³-hybridized carbons (Fsp3) is 0.171. The topological polar surface area (TPSA) is 212 Å². The average Bonchev–Trinajstić information content (AvgIpc) is 3.18. The molecule has 0 fully saturated rings. The minimum atomic E-state index is -0.622. The molecule has 0 aliphatic carbocycles. The van der Waals surface area contributed by atoms with Crippen molar-refractivity contribution >= 4 is 40.0 Å². The molecule has 0 saturated heterocycles. The highest BCUT2D eigenvalue weighted by molar-refractivity contribution is 6.06. The molecule has 15 heteroatoms. The summed E-state index contributed by atoms with van der Waals surface area (Å²) in [5.74, 6) is -0.998. The molecule has 0 spiro atoms. The van der Waals surface area contributed by atoms with E-state index >= 15 is 0 Å². The Morgan fingerprint density at radius 3 is 1.48 bits per heavy atom. The number of carbonyl (C=O) groups is 2. The zero-order valence-corrected chi connectivity index (χ0v) is 31.2. The van der Waals surface area contributed by atoms with Crippen LogP contribution < -0.4 is 21.8 Å². The maximum atomic E-state index is 12.9. The molecule has 0 saturated carbocycles. The van der Waals surface area contributed by atoms with Gasteiger partial charge in [-0.3, -0.25) is 29.3 Å². The van der Waals surface area contributed by atoms with Crippen LogP contribution in [0.1, 0.15) is 54.0 Å². The van der Waals surface area contributed by atoms with Crippen molar-refractivity contribution in [2.24, 2.45) is 0 Å². The smallest absolute Gasteiger partial charge is 0.291 e. The highest BCUT2D eigenvalue weighted by Gasteiger charge is 2.24. The largest absolute Gasteiger partial charge is 0.506 e. The first-order chi connectivity index (χ1) is 26.7. The van der Waals surface area contributed by atoms with Crippen molar-refractivity contribution in [2.75, 3.05) is 10.6 Å². The zero-order valence-electron chi connectivity index (χ0n) is 31.2. The van der Waals surface area contributed by atoms with Gasteiger partial charge in [-0.25, -0.2) is 9.36 Å². The normalized spacial score (nSPS) is 10.6. The van der Waals surface area contributed by atoms with Crippen LogP contribution in [0, 0.1) is 17.0 Å². The highest BCUT2D eigenvalue weighted by atomic mass is 16.6. The molecule has 4 aromatic carbocycles. The number of phenols is 2. The van der Waals surface area contributed by atoms with Gasteiger partial charge in [0.25, 0.3) is 16.8 Å². The summed E-state index contributed by atoms with van der Waals surface area (Å²) in [5, 5.41) is 45.8. The van der Waals surface area contributed by atoms with Gasteiger partial charge in [0, 0.05) is 36.3 Å². The summed E-state index contributed by atoms with van der Waals surface area (Å²) in [6, 6.07) is 26.5. The van der Waals surface area contributed by atoms with Gasteiger partial charge in [0.2, 0.25) is 0 Å². The van der Waals surface area contributed by atoms with E-state index in [1.807, 2.05) is 50.2 Å².